The van der Waals surface area contributed by atoms with Gasteiger partial charge in [0.1, 0.15) is 11.5 Å². The maximum Gasteiger partial charge on any atom is 0.340 e. The molecular weight excluding hydrogens is 1040 g/mol. The minimum atomic E-state index is -1.01. The number of aliphatic hydroxyl groups excluding tert-OH is 3. The van der Waals surface area contributed by atoms with Crippen LogP contribution in [0.25, 0.3) is 0 Å². The topological polar surface area (TPSA) is 187 Å². The van der Waals surface area contributed by atoms with E-state index in [0.29, 0.717) is 86.1 Å². The van der Waals surface area contributed by atoms with Crippen molar-refractivity contribution in [1.29, 1.82) is 0 Å². The van der Waals surface area contributed by atoms with Gasteiger partial charge in [-0.25, -0.2) is 9.59 Å². The van der Waals surface area contributed by atoms with Gasteiger partial charge in [-0.15, -0.1) is 5.92 Å². The van der Waals surface area contributed by atoms with E-state index in [2.05, 4.69) is 59.0 Å². The average Bonchev–Trinajstić information content (AvgIpc) is 1.91. The number of ether oxygens (including phenoxy) is 2. The normalized spacial score (nSPS) is 36.6. The van der Waals surface area contributed by atoms with E-state index in [-0.39, 0.29) is 89.1 Å². The van der Waals surface area contributed by atoms with E-state index in [0.717, 1.165) is 98.7 Å². The number of amides is 2. The summed E-state index contributed by atoms with van der Waals surface area (Å²) in [5, 5.41) is 44.4. The van der Waals surface area contributed by atoms with Crippen LogP contribution in [-0.4, -0.2) is 93.7 Å². The third-order valence-corrected chi connectivity index (χ3v) is 23.3. The quantitative estimate of drug-likeness (QED) is 0.0504. The number of hydrogen-bond acceptors (Lipinski definition) is 14. The monoisotopic (exact) mass is 1120 g/mol. The van der Waals surface area contributed by atoms with Crippen molar-refractivity contribution in [3.63, 3.8) is 0 Å². The van der Waals surface area contributed by atoms with Gasteiger partial charge < -0.3 is 40.7 Å². The van der Waals surface area contributed by atoms with E-state index in [4.69, 9.17) is 9.47 Å². The predicted molar refractivity (Wildman–Crippen MR) is 309 cm³/mol. The molecule has 0 aromatic heterocycles. The van der Waals surface area contributed by atoms with Gasteiger partial charge in [0.15, 0.2) is 0 Å². The number of rotatable bonds is 12. The standard InChI is InChI=1S/C65H80N4O9S2/c1-3-64(24-7-8-25-64)33-52-49-17-16-47-46-22-26-65(59(47)58(49)62(75)77-52)53-19-18-48(45-15-14-40-28-41(36-70)30-44(13-9-12-42(45)29-40)51(72)31-39-10-5-4-6-11-39)61(67-34-38(2)71)80-79-37-68-54-32-43(23-27-66-54)50(57(46)60(65)63(76)78-53)35-69-55(73)20-21-56(69)74/h4-6,10-11,19-21,23,32-33,38,40-42,44-48,50-51,59,61,66-68,70-72H,3,7-8,12,14-18,22,24-31,34-37H2,1-2H3/b52-33-,53-19-/t38-,40-,41+,42-,44+,45+,46-,47-,48-,50-,51+,59+,61+,65-/m0/s1. The van der Waals surface area contributed by atoms with Gasteiger partial charge in [0.25, 0.3) is 11.8 Å². The van der Waals surface area contributed by atoms with E-state index in [9.17, 15) is 29.7 Å². The van der Waals surface area contributed by atoms with Crippen LogP contribution in [0.2, 0.25) is 0 Å². The molecule has 0 unspecified atom stereocenters. The fourth-order valence-corrected chi connectivity index (χ4v) is 19.5. The summed E-state index contributed by atoms with van der Waals surface area (Å²) in [4.78, 5) is 59.0. The molecule has 1 aromatic rings. The molecule has 0 radical (unpaired) electrons. The molecule has 2 amide bonds. The molecule has 14 atom stereocenters. The van der Waals surface area contributed by atoms with Crippen LogP contribution in [0, 0.1) is 81.8 Å². The number of hydrogen-bond donors (Lipinski definition) is 6. The number of nitrogens with zero attached hydrogens (tertiary/aromatic N) is 1. The maximum absolute atomic E-state index is 15.6. The van der Waals surface area contributed by atoms with Crippen LogP contribution in [0.1, 0.15) is 122 Å². The van der Waals surface area contributed by atoms with Crippen LogP contribution >= 0.6 is 21.6 Å². The minimum absolute atomic E-state index is 0.0210. The fraction of sp³-hybridized carbons (Fsp3) is 0.600. The Morgan fingerprint density at radius 3 is 2.51 bits per heavy atom. The van der Waals surface area contributed by atoms with Crippen molar-refractivity contribution in [3.05, 3.63) is 118 Å². The Labute approximate surface area is 479 Å². The summed E-state index contributed by atoms with van der Waals surface area (Å²) in [6.07, 6.45) is 24.4. The summed E-state index contributed by atoms with van der Waals surface area (Å²) < 4.78 is 13.4. The van der Waals surface area contributed by atoms with E-state index in [1.807, 2.05) is 37.3 Å². The molecular formula is C65H80N4O9S2. The number of esters is 2. The highest BCUT2D eigenvalue weighted by atomic mass is 33.1. The number of nitrogens with one attached hydrogen (secondary N) is 3. The summed E-state index contributed by atoms with van der Waals surface area (Å²) in [6, 6.07) is 10.1. The van der Waals surface area contributed by atoms with Crippen LogP contribution in [0.3, 0.4) is 0 Å². The van der Waals surface area contributed by atoms with Crippen LogP contribution in [0.5, 0.6) is 0 Å². The third kappa shape index (κ3) is 10.5. The third-order valence-electron chi connectivity index (χ3n) is 20.8. The highest BCUT2D eigenvalue weighted by Crippen LogP contribution is 2.72. The van der Waals surface area contributed by atoms with Crippen LogP contribution in [0.15, 0.2) is 112 Å². The molecule has 9 bridgehead atoms. The summed E-state index contributed by atoms with van der Waals surface area (Å²) in [5.41, 5.74) is 4.14. The number of carbonyl (C=O) groups excluding carboxylic acids is 4. The first-order valence-corrected chi connectivity index (χ1v) is 32.5. The molecule has 1 aromatic carbocycles. The van der Waals surface area contributed by atoms with Gasteiger partial charge in [-0.2, -0.15) is 0 Å². The lowest BCUT2D eigenvalue weighted by molar-refractivity contribution is -0.138. The van der Waals surface area contributed by atoms with Crippen molar-refractivity contribution in [1.82, 2.24) is 20.9 Å². The first-order chi connectivity index (χ1) is 38.9. The zero-order valence-electron chi connectivity index (χ0n) is 46.5. The van der Waals surface area contributed by atoms with Gasteiger partial charge >= 0.3 is 11.9 Å². The van der Waals surface area contributed by atoms with Gasteiger partial charge in [-0.1, -0.05) is 90.1 Å². The number of carbonyl (C=O) groups is 4. The first-order valence-electron chi connectivity index (χ1n) is 30.2. The number of imide groups is 1. The van der Waals surface area contributed by atoms with Crippen molar-refractivity contribution in [2.75, 3.05) is 32.1 Å². The summed E-state index contributed by atoms with van der Waals surface area (Å²) in [6.45, 7) is 5.05. The number of dihydropyridines is 1. The molecule has 7 aliphatic carbocycles. The molecule has 4 fully saturated rings. The maximum atomic E-state index is 15.6. The molecule has 12 aliphatic rings. The van der Waals surface area contributed by atoms with E-state index in [1.54, 1.807) is 21.6 Å². The summed E-state index contributed by atoms with van der Waals surface area (Å²) >= 11 is 0. The molecule has 426 valence electrons. The Morgan fingerprint density at radius 1 is 0.925 bits per heavy atom. The molecule has 3 saturated carbocycles. The molecule has 80 heavy (non-hydrogen) atoms. The number of fused-ring (bicyclic) bond motifs is 4. The molecule has 1 saturated heterocycles. The van der Waals surface area contributed by atoms with E-state index in [1.165, 1.54) is 17.1 Å². The minimum Gasteiger partial charge on any atom is -0.427 e. The molecule has 13 rings (SSSR count). The smallest absolute Gasteiger partial charge is 0.340 e. The number of cyclic esters (lactones) is 1. The second kappa shape index (κ2) is 23.4. The van der Waals surface area contributed by atoms with E-state index < -0.39 is 29.5 Å². The van der Waals surface area contributed by atoms with Gasteiger partial charge in [0.05, 0.1) is 40.3 Å². The predicted octanol–water partition coefficient (Wildman–Crippen LogP) is 9.07. The van der Waals surface area contributed by atoms with Crippen LogP contribution < -0.4 is 16.0 Å². The summed E-state index contributed by atoms with van der Waals surface area (Å²) in [7, 11) is 3.47. The van der Waals surface area contributed by atoms with Crippen molar-refractivity contribution in [2.45, 2.75) is 141 Å². The Morgan fingerprint density at radius 2 is 1.74 bits per heavy atom. The summed E-state index contributed by atoms with van der Waals surface area (Å²) in [5.74, 6) is 7.83. The number of aliphatic hydroxyl groups is 3. The second-order valence-corrected chi connectivity index (χ2v) is 27.7. The van der Waals surface area contributed by atoms with Crippen molar-refractivity contribution < 1.29 is 44.0 Å². The molecule has 15 heteroatoms. The number of allylic oxidation sites excluding steroid dienone is 5. The average molecular weight is 1130 g/mol. The number of benzene rings is 1. The lowest BCUT2D eigenvalue weighted by Crippen LogP contribution is -2.54. The Kier molecular flexibility index (Phi) is 16.3. The second-order valence-electron chi connectivity index (χ2n) is 25.2. The lowest BCUT2D eigenvalue weighted by Gasteiger charge is -2.57. The van der Waals surface area contributed by atoms with Crippen molar-refractivity contribution >= 4 is 45.3 Å². The Hall–Kier alpha value is -4.82. The van der Waals surface area contributed by atoms with Gasteiger partial charge in [0.2, 0.25) is 0 Å². The first kappa shape index (κ1) is 55.7. The fourth-order valence-electron chi connectivity index (χ4n) is 17.0. The highest BCUT2D eigenvalue weighted by Gasteiger charge is 2.69. The zero-order chi connectivity index (χ0) is 55.3. The Bertz CT molecular complexity index is 2890. The molecule has 13 nitrogen and oxygen atoms in total. The molecule has 1 spiro atoms. The lowest BCUT2D eigenvalue weighted by atomic mass is 9.43. The van der Waals surface area contributed by atoms with E-state index >= 15 is 4.79 Å². The van der Waals surface area contributed by atoms with Gasteiger partial charge in [-0.05, 0) is 172 Å². The zero-order valence-corrected chi connectivity index (χ0v) is 48.1. The molecule has 5 aliphatic heterocycles. The van der Waals surface area contributed by atoms with Crippen LogP contribution in [-0.2, 0) is 35.1 Å². The Balaban J connectivity index is 0.990. The largest absolute Gasteiger partial charge is 0.427 e. The van der Waals surface area contributed by atoms with Gasteiger partial charge in [0, 0.05) is 73.7 Å². The highest BCUT2D eigenvalue weighted by molar-refractivity contribution is 8.76. The SMILES string of the molecule is CCC1(/C=C2\OC(=O)C3=C2CC[C@H]2[C@@H]4CC[C@@]5(C6=C4[C@@H](CN4C(=O)C=CC4=O)C4=CCNC(=C4)NCSS[C@@H](NC[C@H](C)O)[C@H]([C@@H]4CC[C@H]7C[C@@H](CO)C[C@H]([C@H](O)Cc8ccccc8)C#CC[C@H]4C7)C/C=C/5OC6=O)[C@@H]32)CCCC1. The molecule has 5 heterocycles. The van der Waals surface area contributed by atoms with Crippen molar-refractivity contribution in [2.24, 2.45) is 70.0 Å². The molecule has 6 N–H and O–H groups in total. The van der Waals surface area contributed by atoms with Crippen molar-refractivity contribution in [3.8, 4) is 11.8 Å². The van der Waals surface area contributed by atoms with Crippen LogP contribution in [0.4, 0.5) is 0 Å². The van der Waals surface area contributed by atoms with Gasteiger partial charge in [-0.3, -0.25) is 14.5 Å².